The van der Waals surface area contributed by atoms with Gasteiger partial charge in [-0.2, -0.15) is 5.10 Å². The number of nitrogens with zero attached hydrogens (tertiary/aromatic N) is 3. The minimum atomic E-state index is 0.323. The summed E-state index contributed by atoms with van der Waals surface area (Å²) in [5.41, 5.74) is 0.969. The number of ether oxygens (including phenoxy) is 1. The molecule has 0 aliphatic carbocycles. The van der Waals surface area contributed by atoms with Crippen molar-refractivity contribution in [2.45, 2.75) is 19.9 Å². The Morgan fingerprint density at radius 1 is 1.19 bits per heavy atom. The standard InChI is InChI=1S/C16H22N4O/c1-12(11-20-7-9-21-10-8-20)17-16-15-6-4-3-5-14(15)13(2)18-19-16/h3-6,12H,7-11H2,1-2H3,(H,17,19). The Balaban J connectivity index is 1.73. The Labute approximate surface area is 125 Å². The average Bonchev–Trinajstić information content (AvgIpc) is 2.51. The highest BCUT2D eigenvalue weighted by Crippen LogP contribution is 2.22. The van der Waals surface area contributed by atoms with E-state index in [1.165, 1.54) is 0 Å². The number of nitrogens with one attached hydrogen (secondary N) is 1. The molecule has 1 aromatic carbocycles. The normalized spacial score (nSPS) is 17.8. The van der Waals surface area contributed by atoms with Gasteiger partial charge in [0, 0.05) is 36.4 Å². The molecule has 1 N–H and O–H groups in total. The number of benzene rings is 1. The van der Waals surface area contributed by atoms with Crippen molar-refractivity contribution in [1.82, 2.24) is 15.1 Å². The first-order valence-electron chi connectivity index (χ1n) is 7.52. The van der Waals surface area contributed by atoms with Crippen molar-refractivity contribution < 1.29 is 4.74 Å². The molecule has 0 saturated carbocycles. The minimum Gasteiger partial charge on any atom is -0.379 e. The predicted molar refractivity (Wildman–Crippen MR) is 84.6 cm³/mol. The lowest BCUT2D eigenvalue weighted by atomic mass is 10.1. The van der Waals surface area contributed by atoms with Gasteiger partial charge in [0.15, 0.2) is 5.82 Å². The summed E-state index contributed by atoms with van der Waals surface area (Å²) in [6.45, 7) is 8.86. The summed E-state index contributed by atoms with van der Waals surface area (Å²) in [7, 11) is 0. The number of fused-ring (bicyclic) bond motifs is 1. The SMILES string of the molecule is Cc1nnc(NC(C)CN2CCOCC2)c2ccccc12. The molecular weight excluding hydrogens is 264 g/mol. The number of morpholine rings is 1. The van der Waals surface area contributed by atoms with Crippen LogP contribution in [0.1, 0.15) is 12.6 Å². The molecular formula is C16H22N4O. The van der Waals surface area contributed by atoms with Gasteiger partial charge in [0.1, 0.15) is 0 Å². The molecule has 2 aromatic rings. The first-order chi connectivity index (χ1) is 10.2. The largest absolute Gasteiger partial charge is 0.379 e. The lowest BCUT2D eigenvalue weighted by Gasteiger charge is -2.29. The highest BCUT2D eigenvalue weighted by atomic mass is 16.5. The zero-order chi connectivity index (χ0) is 14.7. The smallest absolute Gasteiger partial charge is 0.156 e. The van der Waals surface area contributed by atoms with E-state index < -0.39 is 0 Å². The minimum absolute atomic E-state index is 0.323. The van der Waals surface area contributed by atoms with Crippen LogP contribution in [0.25, 0.3) is 10.8 Å². The van der Waals surface area contributed by atoms with Gasteiger partial charge in [0.2, 0.25) is 0 Å². The van der Waals surface area contributed by atoms with Gasteiger partial charge in [-0.25, -0.2) is 0 Å². The van der Waals surface area contributed by atoms with E-state index in [1.54, 1.807) is 0 Å². The molecule has 21 heavy (non-hydrogen) atoms. The van der Waals surface area contributed by atoms with Gasteiger partial charge in [-0.05, 0) is 13.8 Å². The van der Waals surface area contributed by atoms with Crippen LogP contribution in [0.4, 0.5) is 5.82 Å². The van der Waals surface area contributed by atoms with Crippen LogP contribution in [0.2, 0.25) is 0 Å². The summed E-state index contributed by atoms with van der Waals surface area (Å²) in [6.07, 6.45) is 0. The first kappa shape index (κ1) is 14.2. The second kappa shape index (κ2) is 6.37. The summed E-state index contributed by atoms with van der Waals surface area (Å²) in [6, 6.07) is 8.60. The van der Waals surface area contributed by atoms with Crippen molar-refractivity contribution in [1.29, 1.82) is 0 Å². The molecule has 1 aromatic heterocycles. The second-order valence-electron chi connectivity index (χ2n) is 5.64. The van der Waals surface area contributed by atoms with E-state index in [0.717, 1.165) is 55.1 Å². The van der Waals surface area contributed by atoms with Crippen LogP contribution in [-0.4, -0.2) is 54.0 Å². The predicted octanol–water partition coefficient (Wildman–Crippen LogP) is 2.07. The fraction of sp³-hybridized carbons (Fsp3) is 0.500. The maximum absolute atomic E-state index is 5.39. The van der Waals surface area contributed by atoms with Gasteiger partial charge in [0.05, 0.1) is 18.9 Å². The molecule has 1 unspecified atom stereocenters. The van der Waals surface area contributed by atoms with Gasteiger partial charge < -0.3 is 10.1 Å². The molecule has 1 fully saturated rings. The van der Waals surface area contributed by atoms with E-state index in [2.05, 4.69) is 39.5 Å². The summed E-state index contributed by atoms with van der Waals surface area (Å²) in [5.74, 6) is 0.872. The maximum Gasteiger partial charge on any atom is 0.156 e. The number of anilines is 1. The van der Waals surface area contributed by atoms with E-state index in [-0.39, 0.29) is 0 Å². The van der Waals surface area contributed by atoms with E-state index in [4.69, 9.17) is 4.74 Å². The van der Waals surface area contributed by atoms with Crippen LogP contribution in [0.15, 0.2) is 24.3 Å². The number of hydrogen-bond donors (Lipinski definition) is 1. The quantitative estimate of drug-likeness (QED) is 0.932. The van der Waals surface area contributed by atoms with Crippen LogP contribution in [0.5, 0.6) is 0 Å². The van der Waals surface area contributed by atoms with Crippen molar-refractivity contribution in [3.8, 4) is 0 Å². The summed E-state index contributed by atoms with van der Waals surface area (Å²) in [5, 5.41) is 14.4. The molecule has 112 valence electrons. The van der Waals surface area contributed by atoms with Crippen molar-refractivity contribution in [2.24, 2.45) is 0 Å². The molecule has 1 aliphatic heterocycles. The third kappa shape index (κ3) is 3.31. The number of hydrogen-bond acceptors (Lipinski definition) is 5. The number of aromatic nitrogens is 2. The summed E-state index contributed by atoms with van der Waals surface area (Å²) >= 11 is 0. The molecule has 3 rings (SSSR count). The number of rotatable bonds is 4. The zero-order valence-corrected chi connectivity index (χ0v) is 12.7. The molecule has 5 heteroatoms. The van der Waals surface area contributed by atoms with Gasteiger partial charge in [-0.15, -0.1) is 5.10 Å². The molecule has 0 bridgehead atoms. The lowest BCUT2D eigenvalue weighted by Crippen LogP contribution is -2.42. The molecule has 0 spiro atoms. The fourth-order valence-corrected chi connectivity index (χ4v) is 2.79. The Hall–Kier alpha value is -1.72. The zero-order valence-electron chi connectivity index (χ0n) is 12.7. The van der Waals surface area contributed by atoms with Crippen LogP contribution < -0.4 is 5.32 Å². The van der Waals surface area contributed by atoms with Crippen LogP contribution in [0.3, 0.4) is 0 Å². The van der Waals surface area contributed by atoms with Gasteiger partial charge in [-0.1, -0.05) is 24.3 Å². The number of aryl methyl sites for hydroxylation is 1. The van der Waals surface area contributed by atoms with E-state index in [1.807, 2.05) is 19.1 Å². The summed E-state index contributed by atoms with van der Waals surface area (Å²) in [4.78, 5) is 2.42. The van der Waals surface area contributed by atoms with Crippen LogP contribution in [-0.2, 0) is 4.74 Å². The third-order valence-corrected chi connectivity index (χ3v) is 3.89. The average molecular weight is 286 g/mol. The molecule has 5 nitrogen and oxygen atoms in total. The first-order valence-corrected chi connectivity index (χ1v) is 7.52. The van der Waals surface area contributed by atoms with Gasteiger partial charge in [-0.3, -0.25) is 4.90 Å². The Morgan fingerprint density at radius 2 is 1.90 bits per heavy atom. The monoisotopic (exact) mass is 286 g/mol. The van der Waals surface area contributed by atoms with Crippen LogP contribution in [0, 0.1) is 6.92 Å². The molecule has 0 radical (unpaired) electrons. The highest BCUT2D eigenvalue weighted by Gasteiger charge is 2.15. The lowest BCUT2D eigenvalue weighted by molar-refractivity contribution is 0.0368. The molecule has 1 saturated heterocycles. The Morgan fingerprint density at radius 3 is 2.67 bits per heavy atom. The Bertz CT molecular complexity index is 610. The van der Waals surface area contributed by atoms with Crippen molar-refractivity contribution >= 4 is 16.6 Å². The second-order valence-corrected chi connectivity index (χ2v) is 5.64. The topological polar surface area (TPSA) is 50.3 Å². The van der Waals surface area contributed by atoms with Gasteiger partial charge in [0.25, 0.3) is 0 Å². The molecule has 1 atom stereocenters. The fourth-order valence-electron chi connectivity index (χ4n) is 2.79. The van der Waals surface area contributed by atoms with Gasteiger partial charge >= 0.3 is 0 Å². The van der Waals surface area contributed by atoms with E-state index in [0.29, 0.717) is 6.04 Å². The van der Waals surface area contributed by atoms with Crippen LogP contribution >= 0.6 is 0 Å². The maximum atomic E-state index is 5.39. The van der Waals surface area contributed by atoms with Crippen molar-refractivity contribution in [3.63, 3.8) is 0 Å². The molecule has 1 aliphatic rings. The molecule has 2 heterocycles. The van der Waals surface area contributed by atoms with E-state index >= 15 is 0 Å². The van der Waals surface area contributed by atoms with Crippen molar-refractivity contribution in [3.05, 3.63) is 30.0 Å². The van der Waals surface area contributed by atoms with Crippen molar-refractivity contribution in [2.75, 3.05) is 38.2 Å². The third-order valence-electron chi connectivity index (χ3n) is 3.89. The highest BCUT2D eigenvalue weighted by molar-refractivity contribution is 5.92. The van der Waals surface area contributed by atoms with E-state index in [9.17, 15) is 0 Å². The Kier molecular flexibility index (Phi) is 4.31. The molecule has 0 amide bonds. The summed E-state index contributed by atoms with van der Waals surface area (Å²) < 4.78 is 5.39.